The lowest BCUT2D eigenvalue weighted by Crippen LogP contribution is -2.24. The van der Waals surface area contributed by atoms with Gasteiger partial charge in [0.1, 0.15) is 10.6 Å². The first kappa shape index (κ1) is 20.5. The van der Waals surface area contributed by atoms with Crippen LogP contribution in [0.2, 0.25) is 0 Å². The maximum Gasteiger partial charge on any atom is 0.263 e. The van der Waals surface area contributed by atoms with Gasteiger partial charge in [0.2, 0.25) is 5.89 Å². The van der Waals surface area contributed by atoms with Crippen LogP contribution in [0.3, 0.4) is 0 Å². The van der Waals surface area contributed by atoms with Crippen LogP contribution in [0.1, 0.15) is 54.6 Å². The Labute approximate surface area is 187 Å². The van der Waals surface area contributed by atoms with Crippen LogP contribution in [0.5, 0.6) is 0 Å². The van der Waals surface area contributed by atoms with Gasteiger partial charge in [-0.15, -0.1) is 11.3 Å². The maximum absolute atomic E-state index is 13.6. The molecule has 4 aromatic heterocycles. The van der Waals surface area contributed by atoms with E-state index in [2.05, 4.69) is 24.0 Å². The summed E-state index contributed by atoms with van der Waals surface area (Å²) in [6, 6.07) is 3.71. The van der Waals surface area contributed by atoms with Gasteiger partial charge in [-0.25, -0.2) is 4.98 Å². The Morgan fingerprint density at radius 3 is 2.94 bits per heavy atom. The topological polar surface area (TPSA) is 87.0 Å². The highest BCUT2D eigenvalue weighted by Crippen LogP contribution is 2.35. The maximum atomic E-state index is 13.6. The number of hydrogen-bond donors (Lipinski definition) is 0. The number of hydrogen-bond acceptors (Lipinski definition) is 8. The third-order valence-corrected chi connectivity index (χ3v) is 7.52. The van der Waals surface area contributed by atoms with Crippen LogP contribution in [0.4, 0.5) is 0 Å². The predicted molar refractivity (Wildman–Crippen MR) is 121 cm³/mol. The van der Waals surface area contributed by atoms with Gasteiger partial charge in [-0.2, -0.15) is 4.98 Å². The Morgan fingerprint density at radius 1 is 1.26 bits per heavy atom. The third kappa shape index (κ3) is 4.21. The molecule has 0 aliphatic heterocycles. The van der Waals surface area contributed by atoms with Crippen molar-refractivity contribution >= 4 is 33.3 Å². The zero-order valence-electron chi connectivity index (χ0n) is 17.6. The molecule has 0 saturated carbocycles. The van der Waals surface area contributed by atoms with Gasteiger partial charge in [0.25, 0.3) is 5.56 Å². The molecule has 0 bridgehead atoms. The Balaban J connectivity index is 1.51. The number of aromatic nitrogens is 4. The highest BCUT2D eigenvalue weighted by molar-refractivity contribution is 7.98. The zero-order valence-corrected chi connectivity index (χ0v) is 19.2. The van der Waals surface area contributed by atoms with E-state index in [-0.39, 0.29) is 5.56 Å². The zero-order chi connectivity index (χ0) is 21.4. The van der Waals surface area contributed by atoms with Gasteiger partial charge < -0.3 is 8.94 Å². The third-order valence-electron chi connectivity index (χ3n) is 5.36. The van der Waals surface area contributed by atoms with Gasteiger partial charge in [0, 0.05) is 11.3 Å². The average molecular weight is 457 g/mol. The summed E-state index contributed by atoms with van der Waals surface area (Å²) >= 11 is 3.13. The fraction of sp³-hybridized carbons (Fsp3) is 0.455. The lowest BCUT2D eigenvalue weighted by molar-refractivity contribution is 0.360. The van der Waals surface area contributed by atoms with Crippen LogP contribution < -0.4 is 5.56 Å². The summed E-state index contributed by atoms with van der Waals surface area (Å²) in [5.41, 5.74) is 1.21. The molecule has 4 aromatic rings. The normalized spacial score (nSPS) is 13.9. The van der Waals surface area contributed by atoms with Crippen LogP contribution in [-0.4, -0.2) is 19.7 Å². The first-order chi connectivity index (χ1) is 15.1. The van der Waals surface area contributed by atoms with Gasteiger partial charge in [-0.1, -0.05) is 30.8 Å². The molecule has 1 aliphatic rings. The van der Waals surface area contributed by atoms with Crippen LogP contribution in [0, 0.1) is 5.92 Å². The lowest BCUT2D eigenvalue weighted by Gasteiger charge is -2.12. The molecule has 1 aliphatic carbocycles. The van der Waals surface area contributed by atoms with E-state index in [1.165, 1.54) is 28.6 Å². The van der Waals surface area contributed by atoms with Gasteiger partial charge in [-0.3, -0.25) is 9.36 Å². The number of thioether (sulfide) groups is 1. The van der Waals surface area contributed by atoms with Crippen molar-refractivity contribution in [3.05, 3.63) is 56.7 Å². The number of aryl methyl sites for hydroxylation is 2. The fourth-order valence-corrected chi connectivity index (χ4v) is 6.08. The van der Waals surface area contributed by atoms with Crippen molar-refractivity contribution < 1.29 is 8.94 Å². The molecule has 5 rings (SSSR count). The number of thiophene rings is 1. The SMILES string of the molecule is CC(C)Cc1nc(CSc2nc3sc4c(c3c(=O)n2Cc2ccco2)CCCC4)no1. The summed E-state index contributed by atoms with van der Waals surface area (Å²) in [5.74, 6) is 2.93. The summed E-state index contributed by atoms with van der Waals surface area (Å²) in [5, 5.41) is 5.53. The molecule has 0 aromatic carbocycles. The van der Waals surface area contributed by atoms with E-state index in [0.717, 1.165) is 41.7 Å². The van der Waals surface area contributed by atoms with Crippen molar-refractivity contribution in [1.29, 1.82) is 0 Å². The van der Waals surface area contributed by atoms with E-state index in [1.54, 1.807) is 22.2 Å². The molecule has 162 valence electrons. The molecule has 4 heterocycles. The highest BCUT2D eigenvalue weighted by atomic mass is 32.2. The predicted octanol–water partition coefficient (Wildman–Crippen LogP) is 4.85. The summed E-state index contributed by atoms with van der Waals surface area (Å²) < 4.78 is 12.6. The molecule has 31 heavy (non-hydrogen) atoms. The summed E-state index contributed by atoms with van der Waals surface area (Å²) in [6.45, 7) is 4.59. The Morgan fingerprint density at radius 2 is 2.13 bits per heavy atom. The molecule has 0 radical (unpaired) electrons. The molecule has 0 spiro atoms. The van der Waals surface area contributed by atoms with Crippen molar-refractivity contribution in [2.24, 2.45) is 5.92 Å². The molecule has 0 amide bonds. The molecule has 0 fully saturated rings. The molecule has 0 unspecified atom stereocenters. The van der Waals surface area contributed by atoms with Crippen LogP contribution in [0.25, 0.3) is 10.2 Å². The molecular formula is C22H24N4O3S2. The molecule has 9 heteroatoms. The average Bonchev–Trinajstić information content (AvgIpc) is 3.48. The van der Waals surface area contributed by atoms with Gasteiger partial charge in [0.15, 0.2) is 11.0 Å². The van der Waals surface area contributed by atoms with Crippen molar-refractivity contribution in [1.82, 2.24) is 19.7 Å². The minimum absolute atomic E-state index is 0.0110. The smallest absolute Gasteiger partial charge is 0.263 e. The van der Waals surface area contributed by atoms with Crippen LogP contribution in [-0.2, 0) is 31.6 Å². The highest BCUT2D eigenvalue weighted by Gasteiger charge is 2.23. The summed E-state index contributed by atoms with van der Waals surface area (Å²) in [6.07, 6.45) is 6.69. The van der Waals surface area contributed by atoms with E-state index < -0.39 is 0 Å². The van der Waals surface area contributed by atoms with Crippen molar-refractivity contribution in [2.45, 2.75) is 63.4 Å². The molecule has 0 saturated heterocycles. The fourth-order valence-electron chi connectivity index (χ4n) is 3.94. The van der Waals surface area contributed by atoms with E-state index in [0.29, 0.717) is 35.1 Å². The van der Waals surface area contributed by atoms with Crippen LogP contribution in [0.15, 0.2) is 37.3 Å². The number of rotatable bonds is 7. The van der Waals surface area contributed by atoms with Gasteiger partial charge in [0.05, 0.1) is 23.9 Å². The Bertz CT molecular complexity index is 1250. The largest absolute Gasteiger partial charge is 0.467 e. The lowest BCUT2D eigenvalue weighted by atomic mass is 9.97. The van der Waals surface area contributed by atoms with Gasteiger partial charge >= 0.3 is 0 Å². The number of fused-ring (bicyclic) bond motifs is 3. The minimum Gasteiger partial charge on any atom is -0.467 e. The molecule has 0 atom stereocenters. The summed E-state index contributed by atoms with van der Waals surface area (Å²) in [4.78, 5) is 25.1. The standard InChI is InChI=1S/C22H24N4O3S2/c1-13(2)10-18-23-17(25-29-18)12-30-22-24-20-19(15-7-3-4-8-16(15)31-20)21(27)26(22)11-14-6-5-9-28-14/h5-6,9,13H,3-4,7-8,10-12H2,1-2H3. The van der Waals surface area contributed by atoms with Crippen LogP contribution >= 0.6 is 23.1 Å². The first-order valence-corrected chi connectivity index (χ1v) is 12.4. The Hall–Kier alpha value is -2.39. The van der Waals surface area contributed by atoms with Crippen molar-refractivity contribution in [3.8, 4) is 0 Å². The molecule has 7 nitrogen and oxygen atoms in total. The van der Waals surface area contributed by atoms with E-state index >= 15 is 0 Å². The van der Waals surface area contributed by atoms with E-state index in [9.17, 15) is 4.79 Å². The van der Waals surface area contributed by atoms with Crippen molar-refractivity contribution in [3.63, 3.8) is 0 Å². The van der Waals surface area contributed by atoms with Crippen molar-refractivity contribution in [2.75, 3.05) is 0 Å². The number of furan rings is 1. The van der Waals surface area contributed by atoms with Gasteiger partial charge in [-0.05, 0) is 49.3 Å². The molecule has 0 N–H and O–H groups in total. The summed E-state index contributed by atoms with van der Waals surface area (Å²) in [7, 11) is 0. The first-order valence-electron chi connectivity index (χ1n) is 10.6. The minimum atomic E-state index is 0.0110. The quantitative estimate of drug-likeness (QED) is 0.290. The second-order valence-corrected chi connectivity index (χ2v) is 10.3. The Kier molecular flexibility index (Phi) is 5.71. The molecular weight excluding hydrogens is 432 g/mol. The monoisotopic (exact) mass is 456 g/mol. The second-order valence-electron chi connectivity index (χ2n) is 8.25. The van der Waals surface area contributed by atoms with E-state index in [1.807, 2.05) is 12.1 Å². The number of nitrogens with zero attached hydrogens (tertiary/aromatic N) is 4. The second kappa shape index (κ2) is 8.63. The van der Waals surface area contributed by atoms with E-state index in [4.69, 9.17) is 13.9 Å².